The van der Waals surface area contributed by atoms with Gasteiger partial charge in [0.15, 0.2) is 0 Å². The summed E-state index contributed by atoms with van der Waals surface area (Å²) in [7, 11) is 0. The number of H-pyrrole nitrogens is 1. The number of benzene rings is 1. The normalized spacial score (nSPS) is 13.8. The number of hydrogen-bond acceptors (Lipinski definition) is 5. The molecular formula is C27H34FN5O5. The summed E-state index contributed by atoms with van der Waals surface area (Å²) in [6.45, 7) is 10.7. The number of amides is 4. The van der Waals surface area contributed by atoms with Crippen LogP contribution in [0.5, 0.6) is 0 Å². The lowest BCUT2D eigenvalue weighted by Gasteiger charge is -2.18. The molecule has 10 nitrogen and oxygen atoms in total. The third-order valence-electron chi connectivity index (χ3n) is 6.62. The first-order chi connectivity index (χ1) is 18.1. The molecule has 0 aliphatic carbocycles. The highest BCUT2D eigenvalue weighted by Gasteiger charge is 2.37. The number of carbonyl (C=O) groups is 4. The van der Waals surface area contributed by atoms with Crippen molar-refractivity contribution in [2.45, 2.75) is 40.5 Å². The molecule has 0 spiro atoms. The molecule has 1 aliphatic rings. The molecule has 4 amide bonds. The average molecular weight is 528 g/mol. The molecule has 38 heavy (non-hydrogen) atoms. The van der Waals surface area contributed by atoms with Gasteiger partial charge in [0, 0.05) is 43.0 Å². The molecule has 0 atom stereocenters. The second-order valence-corrected chi connectivity index (χ2v) is 9.04. The molecule has 2 aromatic rings. The number of halogens is 1. The number of imide groups is 1. The highest BCUT2D eigenvalue weighted by molar-refractivity contribution is 6.42. The molecule has 0 radical (unpaired) electrons. The molecule has 1 aromatic heterocycles. The second kappa shape index (κ2) is 12.5. The van der Waals surface area contributed by atoms with Crippen molar-refractivity contribution in [1.82, 2.24) is 20.5 Å². The maximum absolute atomic E-state index is 14.2. The van der Waals surface area contributed by atoms with Crippen LogP contribution in [0.25, 0.3) is 11.6 Å². The smallest absolute Gasteiger partial charge is 0.404 e. The lowest BCUT2D eigenvalue weighted by molar-refractivity contribution is -0.123. The summed E-state index contributed by atoms with van der Waals surface area (Å²) in [6, 6.07) is 3.74. The van der Waals surface area contributed by atoms with E-state index in [1.54, 1.807) is 13.8 Å². The van der Waals surface area contributed by atoms with Crippen LogP contribution in [0, 0.1) is 19.7 Å². The number of carbonyl (C=O) groups excluding carboxylic acids is 3. The maximum Gasteiger partial charge on any atom is 0.404 e. The largest absolute Gasteiger partial charge is 0.465 e. The zero-order valence-corrected chi connectivity index (χ0v) is 22.1. The minimum Gasteiger partial charge on any atom is -0.465 e. The molecule has 11 heteroatoms. The van der Waals surface area contributed by atoms with Crippen molar-refractivity contribution in [1.29, 1.82) is 0 Å². The number of aromatic amines is 1. The van der Waals surface area contributed by atoms with Gasteiger partial charge in [-0.25, -0.2) is 14.1 Å². The summed E-state index contributed by atoms with van der Waals surface area (Å²) < 4.78 is 14.2. The van der Waals surface area contributed by atoms with Crippen molar-refractivity contribution in [2.75, 3.05) is 37.6 Å². The molecule has 0 unspecified atom stereocenters. The number of likely N-dealkylation sites (N-methyl/N-ethyl adjacent to an activating group) is 1. The first-order valence-corrected chi connectivity index (χ1v) is 12.6. The zero-order chi connectivity index (χ0) is 28.0. The number of fused-ring (bicyclic) bond motifs is 1. The summed E-state index contributed by atoms with van der Waals surface area (Å²) in [6.07, 6.45) is 0.463. The van der Waals surface area contributed by atoms with Gasteiger partial charge in [0.05, 0.1) is 16.8 Å². The van der Waals surface area contributed by atoms with Gasteiger partial charge in [-0.15, -0.1) is 0 Å². The molecule has 0 saturated heterocycles. The minimum absolute atomic E-state index is 0.0583. The Hall–Kier alpha value is -3.99. The molecule has 3 rings (SSSR count). The van der Waals surface area contributed by atoms with E-state index in [4.69, 9.17) is 5.11 Å². The van der Waals surface area contributed by atoms with Crippen molar-refractivity contribution in [2.24, 2.45) is 0 Å². The number of rotatable bonds is 11. The van der Waals surface area contributed by atoms with Crippen LogP contribution in [0.4, 0.5) is 14.9 Å². The first kappa shape index (κ1) is 28.6. The summed E-state index contributed by atoms with van der Waals surface area (Å²) in [5.41, 5.74) is 2.88. The van der Waals surface area contributed by atoms with Crippen LogP contribution in [-0.2, 0) is 9.59 Å². The number of aryl methyl sites for hydroxylation is 1. The average Bonchev–Trinajstić information content (AvgIpc) is 3.30. The van der Waals surface area contributed by atoms with Crippen LogP contribution in [0.1, 0.15) is 59.6 Å². The van der Waals surface area contributed by atoms with E-state index in [1.807, 2.05) is 0 Å². The fraction of sp³-hybridized carbons (Fsp3) is 0.407. The molecule has 0 saturated carbocycles. The van der Waals surface area contributed by atoms with Crippen molar-refractivity contribution < 1.29 is 28.7 Å². The van der Waals surface area contributed by atoms with E-state index in [-0.39, 0.29) is 42.1 Å². The van der Waals surface area contributed by atoms with Gasteiger partial charge >= 0.3 is 6.09 Å². The standard InChI is InChI=1S/C27H34FN5O5/c1-5-32(6-2)13-12-29-25(35)24-16(3)21(31-17(24)4)15-20-19-14-18(28)9-10-22(19)33(26(20)36)23(34)8-7-11-30-27(37)38/h9-10,14-15,30-31H,5-8,11-13H2,1-4H3,(H,29,35)(H,37,38). The number of anilines is 1. The third-order valence-corrected chi connectivity index (χ3v) is 6.62. The molecule has 0 fully saturated rings. The molecule has 0 bridgehead atoms. The van der Waals surface area contributed by atoms with E-state index in [1.165, 1.54) is 24.3 Å². The Morgan fingerprint density at radius 1 is 1.13 bits per heavy atom. The molecule has 1 aromatic carbocycles. The predicted molar refractivity (Wildman–Crippen MR) is 142 cm³/mol. The first-order valence-electron chi connectivity index (χ1n) is 12.6. The Labute approximate surface area is 220 Å². The van der Waals surface area contributed by atoms with Crippen LogP contribution >= 0.6 is 0 Å². The van der Waals surface area contributed by atoms with Gasteiger partial charge in [-0.05, 0) is 63.2 Å². The second-order valence-electron chi connectivity index (χ2n) is 9.04. The summed E-state index contributed by atoms with van der Waals surface area (Å²) in [5, 5.41) is 13.8. The highest BCUT2D eigenvalue weighted by Crippen LogP contribution is 2.39. The molecular weight excluding hydrogens is 493 g/mol. The van der Waals surface area contributed by atoms with Gasteiger partial charge in [0.25, 0.3) is 11.8 Å². The number of nitrogens with one attached hydrogen (secondary N) is 3. The third kappa shape index (κ3) is 6.28. The highest BCUT2D eigenvalue weighted by atomic mass is 19.1. The van der Waals surface area contributed by atoms with Gasteiger partial charge in [-0.3, -0.25) is 14.4 Å². The lowest BCUT2D eigenvalue weighted by atomic mass is 10.0. The molecule has 4 N–H and O–H groups in total. The monoisotopic (exact) mass is 527 g/mol. The number of carboxylic acid groups (broad SMARTS) is 1. The van der Waals surface area contributed by atoms with Crippen LogP contribution in [-0.4, -0.2) is 71.5 Å². The van der Waals surface area contributed by atoms with Crippen molar-refractivity contribution in [3.05, 3.63) is 52.1 Å². The summed E-state index contributed by atoms with van der Waals surface area (Å²) in [4.78, 5) is 56.2. The Morgan fingerprint density at radius 2 is 1.84 bits per heavy atom. The molecule has 2 heterocycles. The number of hydrogen-bond donors (Lipinski definition) is 4. The van der Waals surface area contributed by atoms with Crippen molar-refractivity contribution in [3.63, 3.8) is 0 Å². The van der Waals surface area contributed by atoms with E-state index in [9.17, 15) is 23.6 Å². The predicted octanol–water partition coefficient (Wildman–Crippen LogP) is 3.30. The topological polar surface area (TPSA) is 135 Å². The molecule has 204 valence electrons. The van der Waals surface area contributed by atoms with Gasteiger partial charge in [-0.1, -0.05) is 13.8 Å². The Bertz CT molecular complexity index is 1260. The van der Waals surface area contributed by atoms with E-state index in [0.29, 0.717) is 29.1 Å². The van der Waals surface area contributed by atoms with Crippen LogP contribution in [0.15, 0.2) is 18.2 Å². The number of aromatic nitrogens is 1. The van der Waals surface area contributed by atoms with E-state index >= 15 is 0 Å². The van der Waals surface area contributed by atoms with Crippen LogP contribution in [0.3, 0.4) is 0 Å². The Balaban J connectivity index is 1.86. The van der Waals surface area contributed by atoms with Crippen molar-refractivity contribution in [3.8, 4) is 0 Å². The fourth-order valence-electron chi connectivity index (χ4n) is 4.56. The van der Waals surface area contributed by atoms with Gasteiger partial charge in [0.2, 0.25) is 5.91 Å². The quantitative estimate of drug-likeness (QED) is 0.262. The van der Waals surface area contributed by atoms with Crippen LogP contribution in [0.2, 0.25) is 0 Å². The van der Waals surface area contributed by atoms with E-state index < -0.39 is 23.7 Å². The SMILES string of the molecule is CCN(CC)CCNC(=O)c1c(C)[nH]c(C=C2C(=O)N(C(=O)CCCNC(=O)O)c3ccc(F)cc32)c1C. The van der Waals surface area contributed by atoms with E-state index in [2.05, 4.69) is 34.4 Å². The Kier molecular flexibility index (Phi) is 9.40. The maximum atomic E-state index is 14.2. The Morgan fingerprint density at radius 3 is 2.50 bits per heavy atom. The van der Waals surface area contributed by atoms with Gasteiger partial charge < -0.3 is 25.6 Å². The summed E-state index contributed by atoms with van der Waals surface area (Å²) >= 11 is 0. The summed E-state index contributed by atoms with van der Waals surface area (Å²) in [5.74, 6) is -1.93. The fourth-order valence-corrected chi connectivity index (χ4v) is 4.56. The molecule has 1 aliphatic heterocycles. The van der Waals surface area contributed by atoms with Crippen molar-refractivity contribution >= 4 is 41.2 Å². The number of nitrogens with zero attached hydrogens (tertiary/aromatic N) is 2. The van der Waals surface area contributed by atoms with Gasteiger partial charge in [-0.2, -0.15) is 0 Å². The zero-order valence-electron chi connectivity index (χ0n) is 22.1. The lowest BCUT2D eigenvalue weighted by Crippen LogP contribution is -2.35. The minimum atomic E-state index is -1.20. The van der Waals surface area contributed by atoms with Gasteiger partial charge in [0.1, 0.15) is 5.82 Å². The van der Waals surface area contributed by atoms with E-state index in [0.717, 1.165) is 24.5 Å². The van der Waals surface area contributed by atoms with Crippen LogP contribution < -0.4 is 15.5 Å².